The van der Waals surface area contributed by atoms with Crippen LogP contribution >= 0.6 is 0 Å². The largest absolute Gasteiger partial charge is 0.353 e. The number of fused-ring (bicyclic) bond motifs is 1. The molecular formula is C21H27N3O2. The first-order valence-corrected chi connectivity index (χ1v) is 9.36. The minimum Gasteiger partial charge on any atom is -0.353 e. The monoisotopic (exact) mass is 353 g/mol. The predicted octanol–water partition coefficient (Wildman–Crippen LogP) is 2.51. The highest BCUT2D eigenvalue weighted by Gasteiger charge is 2.23. The minimum absolute atomic E-state index is 0.0636. The van der Waals surface area contributed by atoms with Crippen molar-refractivity contribution in [3.63, 3.8) is 0 Å². The average molecular weight is 353 g/mol. The van der Waals surface area contributed by atoms with E-state index >= 15 is 0 Å². The van der Waals surface area contributed by atoms with Gasteiger partial charge >= 0.3 is 0 Å². The lowest BCUT2D eigenvalue weighted by atomic mass is 10.1. The molecule has 26 heavy (non-hydrogen) atoms. The molecule has 0 radical (unpaired) electrons. The maximum absolute atomic E-state index is 12.8. The molecule has 1 unspecified atom stereocenters. The van der Waals surface area contributed by atoms with E-state index < -0.39 is 0 Å². The number of nitrogens with zero attached hydrogens (tertiary/aromatic N) is 2. The van der Waals surface area contributed by atoms with Crippen molar-refractivity contribution in [2.24, 2.45) is 0 Å². The van der Waals surface area contributed by atoms with Gasteiger partial charge in [-0.25, -0.2) is 0 Å². The van der Waals surface area contributed by atoms with Gasteiger partial charge in [-0.2, -0.15) is 0 Å². The Morgan fingerprint density at radius 1 is 1.04 bits per heavy atom. The molecule has 2 amide bonds. The quantitative estimate of drug-likeness (QED) is 0.899. The summed E-state index contributed by atoms with van der Waals surface area (Å²) in [4.78, 5) is 28.8. The lowest BCUT2D eigenvalue weighted by Gasteiger charge is -2.34. The maximum Gasteiger partial charge on any atom is 0.253 e. The summed E-state index contributed by atoms with van der Waals surface area (Å²) < 4.78 is 0. The summed E-state index contributed by atoms with van der Waals surface area (Å²) in [6.45, 7) is 7.24. The zero-order valence-electron chi connectivity index (χ0n) is 15.6. The second kappa shape index (κ2) is 8.32. The summed E-state index contributed by atoms with van der Waals surface area (Å²) in [7, 11) is 0. The van der Waals surface area contributed by atoms with Gasteiger partial charge in [-0.1, -0.05) is 37.3 Å². The van der Waals surface area contributed by atoms with E-state index in [9.17, 15) is 9.59 Å². The molecule has 1 N–H and O–H groups in total. The molecule has 5 heteroatoms. The van der Waals surface area contributed by atoms with Crippen LogP contribution in [0.3, 0.4) is 0 Å². The van der Waals surface area contributed by atoms with E-state index in [1.165, 1.54) is 0 Å². The van der Waals surface area contributed by atoms with E-state index in [1.807, 2.05) is 54.3 Å². The van der Waals surface area contributed by atoms with Crippen LogP contribution < -0.4 is 5.32 Å². The predicted molar refractivity (Wildman–Crippen MR) is 104 cm³/mol. The molecule has 0 bridgehead atoms. The van der Waals surface area contributed by atoms with Crippen molar-refractivity contribution >= 4 is 22.6 Å². The number of amides is 2. The molecule has 0 spiro atoms. The molecule has 5 nitrogen and oxygen atoms in total. The second-order valence-corrected chi connectivity index (χ2v) is 7.01. The number of hydrogen-bond donors (Lipinski definition) is 1. The normalized spacial score (nSPS) is 16.5. The molecule has 1 atom stereocenters. The zero-order valence-corrected chi connectivity index (χ0v) is 15.6. The highest BCUT2D eigenvalue weighted by molar-refractivity contribution is 5.98. The number of rotatable bonds is 5. The van der Waals surface area contributed by atoms with Crippen LogP contribution in [0.4, 0.5) is 0 Å². The average Bonchev–Trinajstić information content (AvgIpc) is 2.67. The van der Waals surface area contributed by atoms with Crippen LogP contribution in [0.15, 0.2) is 42.5 Å². The smallest absolute Gasteiger partial charge is 0.253 e. The number of hydrogen-bond acceptors (Lipinski definition) is 3. The van der Waals surface area contributed by atoms with Crippen molar-refractivity contribution < 1.29 is 9.59 Å². The molecule has 3 rings (SSSR count). The SMILES string of the molecule is CCC(C)NC(=O)CN1CCN(C(=O)c2ccc3ccccc3c2)CC1. The number of carbonyl (C=O) groups is 2. The van der Waals surface area contributed by atoms with E-state index in [1.54, 1.807) is 0 Å². The first-order chi connectivity index (χ1) is 12.6. The first-order valence-electron chi connectivity index (χ1n) is 9.36. The summed E-state index contributed by atoms with van der Waals surface area (Å²) in [5, 5.41) is 5.21. The minimum atomic E-state index is 0.0636. The molecule has 2 aromatic rings. The molecule has 1 fully saturated rings. The highest BCUT2D eigenvalue weighted by atomic mass is 16.2. The van der Waals surface area contributed by atoms with Crippen LogP contribution in [-0.2, 0) is 4.79 Å². The van der Waals surface area contributed by atoms with E-state index in [-0.39, 0.29) is 17.9 Å². The molecule has 1 saturated heterocycles. The molecule has 138 valence electrons. The van der Waals surface area contributed by atoms with Crippen molar-refractivity contribution in [3.05, 3.63) is 48.0 Å². The van der Waals surface area contributed by atoms with Crippen LogP contribution in [0.1, 0.15) is 30.6 Å². The fourth-order valence-electron chi connectivity index (χ4n) is 3.24. The van der Waals surface area contributed by atoms with Gasteiger partial charge in [0.1, 0.15) is 0 Å². The summed E-state index contributed by atoms with van der Waals surface area (Å²) in [6.07, 6.45) is 0.930. The van der Waals surface area contributed by atoms with Gasteiger partial charge in [0, 0.05) is 37.8 Å². The summed E-state index contributed by atoms with van der Waals surface area (Å²) in [5.41, 5.74) is 0.728. The first kappa shape index (κ1) is 18.4. The van der Waals surface area contributed by atoms with Crippen molar-refractivity contribution in [2.45, 2.75) is 26.3 Å². The van der Waals surface area contributed by atoms with Crippen LogP contribution in [0, 0.1) is 0 Å². The van der Waals surface area contributed by atoms with Crippen LogP contribution in [0.2, 0.25) is 0 Å². The summed E-state index contributed by atoms with van der Waals surface area (Å²) in [5.74, 6) is 0.133. The van der Waals surface area contributed by atoms with E-state index in [0.717, 1.165) is 35.8 Å². The third kappa shape index (κ3) is 4.41. The Morgan fingerprint density at radius 3 is 2.42 bits per heavy atom. The van der Waals surface area contributed by atoms with Crippen LogP contribution in [0.5, 0.6) is 0 Å². The molecule has 1 aliphatic rings. The third-order valence-corrected chi connectivity index (χ3v) is 5.04. The standard InChI is InChI=1S/C21H27N3O2/c1-3-16(2)22-20(25)15-23-10-12-24(13-11-23)21(26)19-9-8-17-6-4-5-7-18(17)14-19/h4-9,14,16H,3,10-13,15H2,1-2H3,(H,22,25). The van der Waals surface area contributed by atoms with E-state index in [2.05, 4.69) is 17.1 Å². The fraction of sp³-hybridized carbons (Fsp3) is 0.429. The summed E-state index contributed by atoms with van der Waals surface area (Å²) >= 11 is 0. The number of piperazine rings is 1. The Labute approximate surface area is 155 Å². The Kier molecular flexibility index (Phi) is 5.89. The molecule has 2 aromatic carbocycles. The van der Waals surface area contributed by atoms with Gasteiger partial charge in [-0.05, 0) is 36.2 Å². The lowest BCUT2D eigenvalue weighted by Crippen LogP contribution is -2.51. The maximum atomic E-state index is 12.8. The van der Waals surface area contributed by atoms with Crippen LogP contribution in [-0.4, -0.2) is 60.4 Å². The molecule has 1 aliphatic heterocycles. The van der Waals surface area contributed by atoms with Gasteiger partial charge in [0.15, 0.2) is 0 Å². The van der Waals surface area contributed by atoms with Crippen molar-refractivity contribution in [1.82, 2.24) is 15.1 Å². The van der Waals surface area contributed by atoms with Crippen molar-refractivity contribution in [2.75, 3.05) is 32.7 Å². The van der Waals surface area contributed by atoms with Gasteiger partial charge in [-0.3, -0.25) is 14.5 Å². The van der Waals surface area contributed by atoms with E-state index in [0.29, 0.717) is 19.6 Å². The third-order valence-electron chi connectivity index (χ3n) is 5.04. The van der Waals surface area contributed by atoms with Crippen molar-refractivity contribution in [3.8, 4) is 0 Å². The molecular weight excluding hydrogens is 326 g/mol. The van der Waals surface area contributed by atoms with Gasteiger partial charge in [-0.15, -0.1) is 0 Å². The lowest BCUT2D eigenvalue weighted by molar-refractivity contribution is -0.123. The summed E-state index contributed by atoms with van der Waals surface area (Å²) in [6, 6.07) is 14.1. The number of carbonyl (C=O) groups excluding carboxylic acids is 2. The molecule has 0 aromatic heterocycles. The van der Waals surface area contributed by atoms with Crippen LogP contribution in [0.25, 0.3) is 10.8 Å². The molecule has 0 aliphatic carbocycles. The second-order valence-electron chi connectivity index (χ2n) is 7.01. The van der Waals surface area contributed by atoms with Gasteiger partial charge in [0.25, 0.3) is 5.91 Å². The van der Waals surface area contributed by atoms with Gasteiger partial charge in [0.2, 0.25) is 5.91 Å². The number of benzene rings is 2. The van der Waals surface area contributed by atoms with E-state index in [4.69, 9.17) is 0 Å². The topological polar surface area (TPSA) is 52.7 Å². The number of nitrogens with one attached hydrogen (secondary N) is 1. The zero-order chi connectivity index (χ0) is 18.5. The van der Waals surface area contributed by atoms with Gasteiger partial charge < -0.3 is 10.2 Å². The Balaban J connectivity index is 1.55. The molecule has 1 heterocycles. The molecule has 0 saturated carbocycles. The van der Waals surface area contributed by atoms with Crippen molar-refractivity contribution in [1.29, 1.82) is 0 Å². The fourth-order valence-corrected chi connectivity index (χ4v) is 3.24. The highest BCUT2D eigenvalue weighted by Crippen LogP contribution is 2.17. The van der Waals surface area contributed by atoms with Gasteiger partial charge in [0.05, 0.1) is 6.54 Å². The Morgan fingerprint density at radius 2 is 1.73 bits per heavy atom. The Hall–Kier alpha value is -2.40. The Bertz CT molecular complexity index is 782.